The summed E-state index contributed by atoms with van der Waals surface area (Å²) >= 11 is 0. The van der Waals surface area contributed by atoms with Gasteiger partial charge < -0.3 is 0 Å². The number of fused-ring (bicyclic) bond motifs is 5. The van der Waals surface area contributed by atoms with E-state index in [2.05, 4.69) is 72.8 Å². The van der Waals surface area contributed by atoms with E-state index in [1.165, 1.54) is 52.6 Å². The first-order valence-electron chi connectivity index (χ1n) is 8.91. The molecular formula is C24H20. The van der Waals surface area contributed by atoms with E-state index in [-0.39, 0.29) is 0 Å². The van der Waals surface area contributed by atoms with Gasteiger partial charge >= 0.3 is 0 Å². The zero-order valence-corrected chi connectivity index (χ0v) is 13.8. The van der Waals surface area contributed by atoms with Gasteiger partial charge in [0.15, 0.2) is 0 Å². The van der Waals surface area contributed by atoms with Crippen molar-refractivity contribution in [3.8, 4) is 22.3 Å². The van der Waals surface area contributed by atoms with Crippen LogP contribution in [0.15, 0.2) is 66.7 Å². The number of benzene rings is 3. The molecule has 0 aliphatic heterocycles. The molecule has 0 bridgehead atoms. The van der Waals surface area contributed by atoms with Gasteiger partial charge in [-0.15, -0.1) is 0 Å². The molecule has 0 aromatic heterocycles. The van der Waals surface area contributed by atoms with E-state index in [4.69, 9.17) is 0 Å². The van der Waals surface area contributed by atoms with Crippen molar-refractivity contribution in [2.75, 3.05) is 0 Å². The van der Waals surface area contributed by atoms with Crippen molar-refractivity contribution in [2.24, 2.45) is 0 Å². The van der Waals surface area contributed by atoms with Crippen LogP contribution in [0.2, 0.25) is 0 Å². The summed E-state index contributed by atoms with van der Waals surface area (Å²) in [4.78, 5) is 0. The number of hydrogen-bond donors (Lipinski definition) is 0. The van der Waals surface area contributed by atoms with Crippen LogP contribution in [-0.4, -0.2) is 0 Å². The molecule has 0 unspecified atom stereocenters. The van der Waals surface area contributed by atoms with E-state index in [0.717, 1.165) is 6.42 Å². The van der Waals surface area contributed by atoms with Crippen LogP contribution in [0.25, 0.3) is 28.3 Å². The molecule has 0 saturated heterocycles. The molecule has 3 aromatic rings. The summed E-state index contributed by atoms with van der Waals surface area (Å²) in [5.41, 5.74) is 11.8. The zero-order chi connectivity index (χ0) is 15.9. The largest absolute Gasteiger partial charge is 0.0836 e. The Morgan fingerprint density at radius 3 is 2.25 bits per heavy atom. The number of rotatable bonds is 1. The molecule has 0 N–H and O–H groups in total. The highest BCUT2D eigenvalue weighted by Gasteiger charge is 2.22. The fourth-order valence-electron chi connectivity index (χ4n) is 4.39. The Kier molecular flexibility index (Phi) is 3.16. The molecule has 0 heterocycles. The van der Waals surface area contributed by atoms with E-state index in [1.54, 1.807) is 11.1 Å². The van der Waals surface area contributed by atoms with Crippen LogP contribution < -0.4 is 0 Å². The predicted molar refractivity (Wildman–Crippen MR) is 102 cm³/mol. The number of hydrogen-bond acceptors (Lipinski definition) is 0. The number of allylic oxidation sites excluding steroid dienone is 1. The van der Waals surface area contributed by atoms with Crippen LogP contribution in [0, 0.1) is 0 Å². The molecule has 0 atom stereocenters. The molecule has 0 radical (unpaired) electrons. The van der Waals surface area contributed by atoms with Gasteiger partial charge in [0.2, 0.25) is 0 Å². The second-order valence-corrected chi connectivity index (χ2v) is 6.80. The van der Waals surface area contributed by atoms with Gasteiger partial charge in [0.1, 0.15) is 0 Å². The summed E-state index contributed by atoms with van der Waals surface area (Å²) in [7, 11) is 0. The molecule has 2 aliphatic carbocycles. The van der Waals surface area contributed by atoms with E-state index < -0.39 is 0 Å². The maximum Gasteiger partial charge on any atom is -0.0143 e. The van der Waals surface area contributed by atoms with Crippen molar-refractivity contribution in [1.82, 2.24) is 0 Å². The van der Waals surface area contributed by atoms with Gasteiger partial charge in [0.05, 0.1) is 0 Å². The van der Waals surface area contributed by atoms with Crippen LogP contribution >= 0.6 is 0 Å². The third kappa shape index (κ3) is 2.06. The second kappa shape index (κ2) is 5.49. The molecule has 0 saturated carbocycles. The average molecular weight is 308 g/mol. The van der Waals surface area contributed by atoms with Gasteiger partial charge in [-0.05, 0) is 70.2 Å². The lowest BCUT2D eigenvalue weighted by Crippen LogP contribution is -2.10. The topological polar surface area (TPSA) is 0 Å². The lowest BCUT2D eigenvalue weighted by atomic mass is 9.77. The minimum Gasteiger partial charge on any atom is -0.0836 e. The van der Waals surface area contributed by atoms with Gasteiger partial charge in [0.25, 0.3) is 0 Å². The molecule has 0 heteroatoms. The van der Waals surface area contributed by atoms with Crippen molar-refractivity contribution in [1.29, 1.82) is 0 Å². The summed E-state index contributed by atoms with van der Waals surface area (Å²) in [5.74, 6) is 0. The Bertz CT molecular complexity index is 945. The van der Waals surface area contributed by atoms with E-state index >= 15 is 0 Å². The molecule has 0 nitrogen and oxygen atoms in total. The quantitative estimate of drug-likeness (QED) is 0.511. The fourth-order valence-corrected chi connectivity index (χ4v) is 4.39. The van der Waals surface area contributed by atoms with Crippen LogP contribution in [0.5, 0.6) is 0 Å². The minimum atomic E-state index is 1.15. The molecule has 2 aliphatic rings. The Labute approximate surface area is 143 Å². The van der Waals surface area contributed by atoms with E-state index in [0.29, 0.717) is 0 Å². The van der Waals surface area contributed by atoms with Crippen molar-refractivity contribution in [2.45, 2.75) is 25.7 Å². The van der Waals surface area contributed by atoms with Crippen LogP contribution in [0.4, 0.5) is 0 Å². The predicted octanol–water partition coefficient (Wildman–Crippen LogP) is 6.08. The van der Waals surface area contributed by atoms with Crippen LogP contribution in [0.1, 0.15) is 28.7 Å². The van der Waals surface area contributed by atoms with Crippen molar-refractivity contribution < 1.29 is 0 Å². The monoisotopic (exact) mass is 308 g/mol. The average Bonchev–Trinajstić information content (AvgIpc) is 2.67. The summed E-state index contributed by atoms with van der Waals surface area (Å²) in [6.45, 7) is 0. The normalized spacial score (nSPS) is 14.7. The van der Waals surface area contributed by atoms with Gasteiger partial charge in [-0.2, -0.15) is 0 Å². The lowest BCUT2D eigenvalue weighted by molar-refractivity contribution is 0.888. The van der Waals surface area contributed by atoms with E-state index in [1.807, 2.05) is 0 Å². The fraction of sp³-hybridized carbons (Fsp3) is 0.167. The second-order valence-electron chi connectivity index (χ2n) is 6.80. The standard InChI is InChI=1S/C24H20/c1-2-7-17(8-3-1)20-11-6-12-21-22(20)15-16-23-19-10-5-4-9-18(19)13-14-24(21)23/h1-4,6-9,11-14H,5,10,15-16H2. The summed E-state index contributed by atoms with van der Waals surface area (Å²) in [6, 6.07) is 22.3. The Hall–Kier alpha value is -2.60. The molecular weight excluding hydrogens is 288 g/mol. The minimum absolute atomic E-state index is 1.15. The molecule has 0 fully saturated rings. The molecule has 0 amide bonds. The molecule has 0 spiro atoms. The van der Waals surface area contributed by atoms with Crippen molar-refractivity contribution in [3.63, 3.8) is 0 Å². The Morgan fingerprint density at radius 2 is 1.33 bits per heavy atom. The first-order chi connectivity index (χ1) is 11.9. The molecule has 3 aromatic carbocycles. The first-order valence-corrected chi connectivity index (χ1v) is 8.91. The van der Waals surface area contributed by atoms with Crippen molar-refractivity contribution >= 4 is 6.08 Å². The Balaban J connectivity index is 1.72. The smallest absolute Gasteiger partial charge is 0.0143 e. The highest BCUT2D eigenvalue weighted by molar-refractivity contribution is 5.83. The first kappa shape index (κ1) is 13.8. The molecule has 24 heavy (non-hydrogen) atoms. The van der Waals surface area contributed by atoms with Crippen LogP contribution in [-0.2, 0) is 19.3 Å². The van der Waals surface area contributed by atoms with Gasteiger partial charge in [-0.3, -0.25) is 0 Å². The summed E-state index contributed by atoms with van der Waals surface area (Å²) in [6.07, 6.45) is 9.30. The summed E-state index contributed by atoms with van der Waals surface area (Å²) in [5, 5.41) is 0. The van der Waals surface area contributed by atoms with Crippen LogP contribution in [0.3, 0.4) is 0 Å². The maximum absolute atomic E-state index is 2.34. The van der Waals surface area contributed by atoms with E-state index in [9.17, 15) is 0 Å². The third-order valence-electron chi connectivity index (χ3n) is 5.50. The van der Waals surface area contributed by atoms with Gasteiger partial charge in [0, 0.05) is 0 Å². The Morgan fingerprint density at radius 1 is 0.542 bits per heavy atom. The third-order valence-corrected chi connectivity index (χ3v) is 5.50. The lowest BCUT2D eigenvalue weighted by Gasteiger charge is -2.27. The SMILES string of the molecule is C1=Cc2ccc3c(c2CC1)CCc1c(-c2ccccc2)cccc1-3. The zero-order valence-electron chi connectivity index (χ0n) is 13.8. The van der Waals surface area contributed by atoms with Gasteiger partial charge in [-0.25, -0.2) is 0 Å². The summed E-state index contributed by atoms with van der Waals surface area (Å²) < 4.78 is 0. The highest BCUT2D eigenvalue weighted by Crippen LogP contribution is 2.41. The molecule has 116 valence electrons. The molecule has 5 rings (SSSR count). The highest BCUT2D eigenvalue weighted by atomic mass is 14.3. The maximum atomic E-state index is 2.34. The van der Waals surface area contributed by atoms with Crippen molar-refractivity contribution in [3.05, 3.63) is 89.0 Å². The van der Waals surface area contributed by atoms with Gasteiger partial charge in [-0.1, -0.05) is 72.8 Å².